The van der Waals surface area contributed by atoms with E-state index < -0.39 is 7.60 Å². The molecule has 0 aliphatic carbocycles. The normalized spacial score (nSPS) is 11.9. The second kappa shape index (κ2) is 3.23. The van der Waals surface area contributed by atoms with Crippen LogP contribution in [-0.4, -0.2) is 14.2 Å². The van der Waals surface area contributed by atoms with Gasteiger partial charge in [0.05, 0.1) is 6.16 Å². The van der Waals surface area contributed by atoms with Crippen LogP contribution in [0, 0.1) is 6.16 Å². The Morgan fingerprint density at radius 3 is 1.75 bits per heavy atom. The van der Waals surface area contributed by atoms with Crippen LogP contribution in [0.15, 0.2) is 0 Å². The third kappa shape index (κ3) is 1.95. The molecule has 0 spiro atoms. The van der Waals surface area contributed by atoms with Gasteiger partial charge in [-0.15, -0.1) is 0 Å². The Kier molecular flexibility index (Phi) is 3.29. The lowest BCUT2D eigenvalue weighted by atomic mass is 11.0. The molecule has 3 nitrogen and oxygen atoms in total. The van der Waals surface area contributed by atoms with E-state index in [9.17, 15) is 4.57 Å². The van der Waals surface area contributed by atoms with Crippen LogP contribution in [0.3, 0.4) is 0 Å². The molecular formula is C4H10O3P. The van der Waals surface area contributed by atoms with Crippen LogP contribution in [0.2, 0.25) is 0 Å². The van der Waals surface area contributed by atoms with Crippen molar-refractivity contribution in [1.29, 1.82) is 0 Å². The van der Waals surface area contributed by atoms with Gasteiger partial charge in [-0.25, -0.2) is 0 Å². The van der Waals surface area contributed by atoms with Gasteiger partial charge in [0.25, 0.3) is 0 Å². The Balaban J connectivity index is 3.79. The molecule has 0 unspecified atom stereocenters. The molecule has 0 aromatic heterocycles. The van der Waals surface area contributed by atoms with E-state index in [0.717, 1.165) is 0 Å². The van der Waals surface area contributed by atoms with E-state index in [1.165, 1.54) is 20.4 Å². The number of rotatable bonds is 3. The lowest BCUT2D eigenvalue weighted by molar-refractivity contribution is 0.282. The van der Waals surface area contributed by atoms with Crippen molar-refractivity contribution in [2.24, 2.45) is 0 Å². The summed E-state index contributed by atoms with van der Waals surface area (Å²) in [6, 6.07) is 0. The van der Waals surface area contributed by atoms with Crippen molar-refractivity contribution in [2.45, 2.75) is 6.92 Å². The van der Waals surface area contributed by atoms with Gasteiger partial charge in [-0.3, -0.25) is 4.57 Å². The molecule has 1 radical (unpaired) electrons. The molecule has 49 valence electrons. The molecular weight excluding hydrogens is 127 g/mol. The standard InChI is InChI=1S/C4H10O3P/c1-4-8(5,6-2)7-3/h4H,1-3H3. The maximum atomic E-state index is 10.8. The third-order valence-corrected chi connectivity index (χ3v) is 2.48. The lowest BCUT2D eigenvalue weighted by Crippen LogP contribution is -1.84. The molecule has 0 aliphatic rings. The highest BCUT2D eigenvalue weighted by Gasteiger charge is 2.16. The molecule has 0 aromatic rings. The first-order valence-corrected chi connectivity index (χ1v) is 3.81. The van der Waals surface area contributed by atoms with Crippen molar-refractivity contribution in [3.8, 4) is 0 Å². The highest BCUT2D eigenvalue weighted by atomic mass is 31.2. The van der Waals surface area contributed by atoms with Gasteiger partial charge in [0.1, 0.15) is 0 Å². The van der Waals surface area contributed by atoms with Crippen LogP contribution < -0.4 is 0 Å². The third-order valence-electron chi connectivity index (χ3n) is 0.825. The summed E-state index contributed by atoms with van der Waals surface area (Å²) in [4.78, 5) is 0. The average molecular weight is 137 g/mol. The minimum atomic E-state index is -2.79. The number of hydrogen-bond acceptors (Lipinski definition) is 3. The fourth-order valence-electron chi connectivity index (χ4n) is 0.285. The second-order valence-electron chi connectivity index (χ2n) is 1.16. The molecule has 8 heavy (non-hydrogen) atoms. The van der Waals surface area contributed by atoms with E-state index in [2.05, 4.69) is 9.05 Å². The SMILES string of the molecule is C[CH]P(=O)(OC)OC. The van der Waals surface area contributed by atoms with E-state index in [1.54, 1.807) is 6.92 Å². The van der Waals surface area contributed by atoms with Gasteiger partial charge in [0, 0.05) is 14.2 Å². The first kappa shape index (κ1) is 8.15. The van der Waals surface area contributed by atoms with E-state index in [4.69, 9.17) is 0 Å². The molecule has 0 saturated heterocycles. The van der Waals surface area contributed by atoms with Gasteiger partial charge in [-0.2, -0.15) is 0 Å². The number of hydrogen-bond donors (Lipinski definition) is 0. The Bertz CT molecular complexity index is 82.4. The highest BCUT2D eigenvalue weighted by Crippen LogP contribution is 2.48. The first-order valence-electron chi connectivity index (χ1n) is 2.20. The molecule has 0 atom stereocenters. The summed E-state index contributed by atoms with van der Waals surface area (Å²) in [5.41, 5.74) is 0. The predicted octanol–water partition coefficient (Wildman–Crippen LogP) is 1.65. The summed E-state index contributed by atoms with van der Waals surface area (Å²) >= 11 is 0. The Hall–Kier alpha value is 0.150. The van der Waals surface area contributed by atoms with Crippen LogP contribution in [0.1, 0.15) is 6.92 Å². The quantitative estimate of drug-likeness (QED) is 0.555. The van der Waals surface area contributed by atoms with Crippen molar-refractivity contribution in [3.05, 3.63) is 6.16 Å². The molecule has 0 fully saturated rings. The van der Waals surface area contributed by atoms with Crippen molar-refractivity contribution in [2.75, 3.05) is 14.2 Å². The Morgan fingerprint density at radius 2 is 1.75 bits per heavy atom. The fraction of sp³-hybridized carbons (Fsp3) is 0.750. The first-order chi connectivity index (χ1) is 3.68. The van der Waals surface area contributed by atoms with Gasteiger partial charge in [0.15, 0.2) is 0 Å². The smallest absolute Gasteiger partial charge is 0.312 e. The molecule has 0 N–H and O–H groups in total. The van der Waals surface area contributed by atoms with Gasteiger partial charge in [-0.05, 0) is 0 Å². The molecule has 0 aromatic carbocycles. The molecule has 0 aliphatic heterocycles. The van der Waals surface area contributed by atoms with E-state index in [0.29, 0.717) is 0 Å². The van der Waals surface area contributed by atoms with Crippen LogP contribution in [0.4, 0.5) is 0 Å². The van der Waals surface area contributed by atoms with Gasteiger partial charge >= 0.3 is 7.60 Å². The lowest BCUT2D eigenvalue weighted by Gasteiger charge is -2.08. The van der Waals surface area contributed by atoms with E-state index >= 15 is 0 Å². The van der Waals surface area contributed by atoms with E-state index in [-0.39, 0.29) is 0 Å². The van der Waals surface area contributed by atoms with Crippen molar-refractivity contribution < 1.29 is 13.6 Å². The topological polar surface area (TPSA) is 35.5 Å². The van der Waals surface area contributed by atoms with Crippen LogP contribution in [0.5, 0.6) is 0 Å². The van der Waals surface area contributed by atoms with Crippen LogP contribution >= 0.6 is 7.60 Å². The highest BCUT2D eigenvalue weighted by molar-refractivity contribution is 7.56. The molecule has 0 amide bonds. The monoisotopic (exact) mass is 137 g/mol. The second-order valence-corrected chi connectivity index (χ2v) is 3.49. The Morgan fingerprint density at radius 1 is 1.38 bits per heavy atom. The fourth-order valence-corrected chi connectivity index (χ4v) is 0.856. The minimum absolute atomic E-state index is 1.35. The molecule has 0 heterocycles. The molecule has 4 heteroatoms. The maximum absolute atomic E-state index is 10.8. The van der Waals surface area contributed by atoms with Crippen molar-refractivity contribution in [3.63, 3.8) is 0 Å². The summed E-state index contributed by atoms with van der Waals surface area (Å²) in [6.07, 6.45) is 1.41. The van der Waals surface area contributed by atoms with Crippen molar-refractivity contribution in [1.82, 2.24) is 0 Å². The summed E-state index contributed by atoms with van der Waals surface area (Å²) < 4.78 is 19.8. The molecule has 0 bridgehead atoms. The molecule has 0 rings (SSSR count). The van der Waals surface area contributed by atoms with E-state index in [1.807, 2.05) is 0 Å². The summed E-state index contributed by atoms with van der Waals surface area (Å²) in [5.74, 6) is 0. The summed E-state index contributed by atoms with van der Waals surface area (Å²) in [7, 11) is -0.0841. The maximum Gasteiger partial charge on any atom is 0.333 e. The summed E-state index contributed by atoms with van der Waals surface area (Å²) in [6.45, 7) is 1.63. The summed E-state index contributed by atoms with van der Waals surface area (Å²) in [5, 5.41) is 0. The zero-order valence-corrected chi connectivity index (χ0v) is 6.14. The zero-order valence-electron chi connectivity index (χ0n) is 5.25. The van der Waals surface area contributed by atoms with Gasteiger partial charge in [0.2, 0.25) is 0 Å². The zero-order chi connectivity index (χ0) is 6.62. The van der Waals surface area contributed by atoms with Crippen molar-refractivity contribution >= 4 is 7.60 Å². The molecule has 0 saturated carbocycles. The Labute approximate surface area is 49.5 Å². The predicted molar refractivity (Wildman–Crippen MR) is 31.6 cm³/mol. The van der Waals surface area contributed by atoms with Crippen LogP contribution in [0.25, 0.3) is 0 Å². The minimum Gasteiger partial charge on any atom is -0.312 e. The van der Waals surface area contributed by atoms with Crippen LogP contribution in [-0.2, 0) is 13.6 Å². The average Bonchev–Trinajstić information content (AvgIpc) is 1.87. The van der Waals surface area contributed by atoms with Gasteiger partial charge in [-0.1, -0.05) is 6.92 Å². The largest absolute Gasteiger partial charge is 0.333 e. The van der Waals surface area contributed by atoms with Gasteiger partial charge < -0.3 is 9.05 Å².